The Balaban J connectivity index is 2.31. The van der Waals surface area contributed by atoms with Crippen molar-refractivity contribution >= 4 is 11.9 Å². The number of hydrogen-bond acceptors (Lipinski definition) is 5. The van der Waals surface area contributed by atoms with Crippen LogP contribution in [0.1, 0.15) is 29.7 Å². The van der Waals surface area contributed by atoms with Gasteiger partial charge in [-0.15, -0.1) is 0 Å². The van der Waals surface area contributed by atoms with E-state index in [-0.39, 0.29) is 23.0 Å². The van der Waals surface area contributed by atoms with Gasteiger partial charge in [0.2, 0.25) is 0 Å². The summed E-state index contributed by atoms with van der Waals surface area (Å²) in [7, 11) is 1.58. The molecular weight excluding hydrogens is 296 g/mol. The molecular formula is C17H17N2O4-. The van der Waals surface area contributed by atoms with E-state index in [2.05, 4.69) is 4.99 Å². The normalized spacial score (nSPS) is 12.3. The molecule has 0 radical (unpaired) electrons. The molecule has 6 nitrogen and oxygen atoms in total. The van der Waals surface area contributed by atoms with E-state index < -0.39 is 4.92 Å². The minimum atomic E-state index is -0.538. The van der Waals surface area contributed by atoms with Gasteiger partial charge in [-0.1, -0.05) is 29.5 Å². The minimum Gasteiger partial charge on any atom is -0.872 e. The van der Waals surface area contributed by atoms with Crippen LogP contribution in [0.15, 0.2) is 41.4 Å². The van der Waals surface area contributed by atoms with E-state index in [1.54, 1.807) is 7.11 Å². The quantitative estimate of drug-likeness (QED) is 0.482. The first kappa shape index (κ1) is 16.5. The highest BCUT2D eigenvalue weighted by molar-refractivity contribution is 5.84. The van der Waals surface area contributed by atoms with Crippen molar-refractivity contribution in [1.82, 2.24) is 0 Å². The van der Waals surface area contributed by atoms with E-state index in [0.717, 1.165) is 11.1 Å². The number of aliphatic imine (C=N–C) groups is 1. The molecule has 0 aliphatic carbocycles. The van der Waals surface area contributed by atoms with E-state index in [9.17, 15) is 15.2 Å². The molecule has 120 valence electrons. The second kappa shape index (κ2) is 6.91. The molecule has 2 aromatic carbocycles. The number of nitrogens with zero attached hydrogens (tertiary/aromatic N) is 2. The average molecular weight is 313 g/mol. The van der Waals surface area contributed by atoms with Crippen molar-refractivity contribution in [2.75, 3.05) is 7.11 Å². The molecule has 0 aliphatic heterocycles. The molecule has 0 unspecified atom stereocenters. The largest absolute Gasteiger partial charge is 0.872 e. The molecule has 0 saturated carbocycles. The number of hydrogen-bond donors (Lipinski definition) is 0. The van der Waals surface area contributed by atoms with Crippen LogP contribution < -0.4 is 9.84 Å². The van der Waals surface area contributed by atoms with Crippen molar-refractivity contribution in [3.8, 4) is 11.5 Å². The molecule has 1 atom stereocenters. The summed E-state index contributed by atoms with van der Waals surface area (Å²) in [6.07, 6.45) is 1.38. The molecule has 0 aromatic heterocycles. The van der Waals surface area contributed by atoms with Gasteiger partial charge in [-0.3, -0.25) is 15.1 Å². The van der Waals surface area contributed by atoms with Gasteiger partial charge in [0.1, 0.15) is 5.75 Å². The smallest absolute Gasteiger partial charge is 0.270 e. The lowest BCUT2D eigenvalue weighted by molar-refractivity contribution is -0.385. The van der Waals surface area contributed by atoms with Gasteiger partial charge >= 0.3 is 0 Å². The van der Waals surface area contributed by atoms with E-state index in [0.29, 0.717) is 5.75 Å². The van der Waals surface area contributed by atoms with Crippen molar-refractivity contribution in [2.24, 2.45) is 4.99 Å². The fourth-order valence-corrected chi connectivity index (χ4v) is 2.20. The summed E-state index contributed by atoms with van der Waals surface area (Å²) in [5.74, 6) is 0.407. The van der Waals surface area contributed by atoms with Crippen LogP contribution >= 0.6 is 0 Å². The zero-order chi connectivity index (χ0) is 17.0. The third kappa shape index (κ3) is 3.85. The maximum atomic E-state index is 11.8. The molecule has 0 N–H and O–H groups in total. The van der Waals surface area contributed by atoms with Crippen LogP contribution in [-0.2, 0) is 0 Å². The first-order chi connectivity index (χ1) is 10.9. The van der Waals surface area contributed by atoms with Gasteiger partial charge in [0, 0.05) is 23.9 Å². The van der Waals surface area contributed by atoms with Crippen LogP contribution in [0.2, 0.25) is 0 Å². The number of rotatable bonds is 5. The van der Waals surface area contributed by atoms with Crippen LogP contribution in [0.3, 0.4) is 0 Å². The Morgan fingerprint density at radius 2 is 2.00 bits per heavy atom. The predicted octanol–water partition coefficient (Wildman–Crippen LogP) is 3.17. The van der Waals surface area contributed by atoms with Crippen molar-refractivity contribution in [3.05, 3.63) is 63.2 Å². The first-order valence-corrected chi connectivity index (χ1v) is 7.05. The number of ether oxygens (including phenoxy) is 1. The van der Waals surface area contributed by atoms with E-state index >= 15 is 0 Å². The van der Waals surface area contributed by atoms with Crippen molar-refractivity contribution in [3.63, 3.8) is 0 Å². The molecule has 2 aromatic rings. The number of methoxy groups -OCH3 is 1. The summed E-state index contributed by atoms with van der Waals surface area (Å²) in [6.45, 7) is 3.84. The highest BCUT2D eigenvalue weighted by atomic mass is 16.6. The second-order valence-corrected chi connectivity index (χ2v) is 5.18. The Morgan fingerprint density at radius 3 is 2.65 bits per heavy atom. The van der Waals surface area contributed by atoms with Crippen LogP contribution in [-0.4, -0.2) is 18.2 Å². The van der Waals surface area contributed by atoms with Crippen LogP contribution in [0.4, 0.5) is 5.69 Å². The average Bonchev–Trinajstić information content (AvgIpc) is 2.53. The van der Waals surface area contributed by atoms with Crippen molar-refractivity contribution in [1.29, 1.82) is 0 Å². The molecule has 0 spiro atoms. The van der Waals surface area contributed by atoms with E-state index in [4.69, 9.17) is 4.74 Å². The number of nitro benzene ring substituents is 1. The summed E-state index contributed by atoms with van der Waals surface area (Å²) in [5.41, 5.74) is 2.02. The Hall–Kier alpha value is -2.89. The molecule has 0 saturated heterocycles. The number of benzene rings is 2. The summed E-state index contributed by atoms with van der Waals surface area (Å²) in [5, 5.41) is 22.6. The summed E-state index contributed by atoms with van der Waals surface area (Å²) in [4.78, 5) is 14.6. The maximum Gasteiger partial charge on any atom is 0.270 e. The third-order valence-electron chi connectivity index (χ3n) is 3.48. The molecule has 0 amide bonds. The summed E-state index contributed by atoms with van der Waals surface area (Å²) < 4.78 is 5.32. The van der Waals surface area contributed by atoms with Gasteiger partial charge in [-0.05, 0) is 25.5 Å². The molecule has 2 rings (SSSR count). The zero-order valence-corrected chi connectivity index (χ0v) is 13.1. The van der Waals surface area contributed by atoms with Crippen LogP contribution in [0.25, 0.3) is 0 Å². The first-order valence-electron chi connectivity index (χ1n) is 7.05. The lowest BCUT2D eigenvalue weighted by Crippen LogP contribution is -2.00. The Labute approximate surface area is 134 Å². The Morgan fingerprint density at radius 1 is 1.26 bits per heavy atom. The molecule has 23 heavy (non-hydrogen) atoms. The fourth-order valence-electron chi connectivity index (χ4n) is 2.20. The SMILES string of the molecule is COc1ccc(C)cc1[C@@H](C)N=Cc1cc([N+](=O)[O-])ccc1[O-]. The van der Waals surface area contributed by atoms with Crippen LogP contribution in [0, 0.1) is 17.0 Å². The highest BCUT2D eigenvalue weighted by Gasteiger charge is 2.11. The van der Waals surface area contributed by atoms with E-state index in [1.165, 1.54) is 24.4 Å². The fraction of sp³-hybridized carbons (Fsp3) is 0.235. The molecule has 0 aliphatic rings. The molecule has 6 heteroatoms. The van der Waals surface area contributed by atoms with Gasteiger partial charge in [-0.25, -0.2) is 0 Å². The van der Waals surface area contributed by atoms with Crippen LogP contribution in [0.5, 0.6) is 11.5 Å². The van der Waals surface area contributed by atoms with Gasteiger partial charge in [0.15, 0.2) is 0 Å². The highest BCUT2D eigenvalue weighted by Crippen LogP contribution is 2.29. The summed E-state index contributed by atoms with van der Waals surface area (Å²) >= 11 is 0. The van der Waals surface area contributed by atoms with Crippen molar-refractivity contribution in [2.45, 2.75) is 19.9 Å². The second-order valence-electron chi connectivity index (χ2n) is 5.18. The Kier molecular flexibility index (Phi) is 4.95. The number of aryl methyl sites for hydroxylation is 1. The molecule has 0 fully saturated rings. The van der Waals surface area contributed by atoms with Gasteiger partial charge < -0.3 is 9.84 Å². The lowest BCUT2D eigenvalue weighted by Gasteiger charge is -2.14. The van der Waals surface area contributed by atoms with E-state index in [1.807, 2.05) is 32.0 Å². The molecule has 0 heterocycles. The number of non-ortho nitro benzene ring substituents is 1. The van der Waals surface area contributed by atoms with Crippen molar-refractivity contribution < 1.29 is 14.8 Å². The predicted molar refractivity (Wildman–Crippen MR) is 86.3 cm³/mol. The maximum absolute atomic E-state index is 11.8. The monoisotopic (exact) mass is 313 g/mol. The van der Waals surface area contributed by atoms with Gasteiger partial charge in [0.05, 0.1) is 18.1 Å². The topological polar surface area (TPSA) is 87.8 Å². The summed E-state index contributed by atoms with van der Waals surface area (Å²) in [6, 6.07) is 9.12. The zero-order valence-electron chi connectivity index (χ0n) is 13.1. The third-order valence-corrected chi connectivity index (χ3v) is 3.48. The standard InChI is InChI=1S/C17H18N2O4/c1-11-4-7-17(23-3)15(8-11)12(2)18-10-13-9-14(19(21)22)5-6-16(13)20/h4-10,12,20H,1-3H3/p-1/t12-/m1/s1. The molecule has 0 bridgehead atoms. The van der Waals surface area contributed by atoms with Gasteiger partial charge in [-0.2, -0.15) is 0 Å². The number of nitro groups is 1. The minimum absolute atomic E-state index is 0.133. The lowest BCUT2D eigenvalue weighted by atomic mass is 10.0. The van der Waals surface area contributed by atoms with Gasteiger partial charge in [0.25, 0.3) is 5.69 Å². The Bertz CT molecular complexity index is 756.